The zero-order valence-electron chi connectivity index (χ0n) is 6.04. The molecule has 1 aromatic heterocycles. The topological polar surface area (TPSA) is 45.7 Å². The molecule has 60 valence electrons. The third kappa shape index (κ3) is 1.74. The predicted molar refractivity (Wildman–Crippen MR) is 42.3 cm³/mol. The highest BCUT2D eigenvalue weighted by Gasteiger charge is 2.05. The van der Waals surface area contributed by atoms with Crippen LogP contribution in [0.5, 0.6) is 0 Å². The summed E-state index contributed by atoms with van der Waals surface area (Å²) in [5.41, 5.74) is 0. The Labute approximate surface area is 69.3 Å². The van der Waals surface area contributed by atoms with Gasteiger partial charge in [0.15, 0.2) is 5.76 Å². The Hall–Kier alpha value is -0.960. The number of furan rings is 1. The van der Waals surface area contributed by atoms with Crippen molar-refractivity contribution in [2.24, 2.45) is 5.16 Å². The summed E-state index contributed by atoms with van der Waals surface area (Å²) in [6.45, 7) is 1.96. The maximum Gasteiger partial charge on any atom is 0.210 e. The van der Waals surface area contributed by atoms with Gasteiger partial charge in [0.25, 0.3) is 0 Å². The van der Waals surface area contributed by atoms with Gasteiger partial charge in [-0.3, -0.25) is 0 Å². The van der Waals surface area contributed by atoms with E-state index in [1.165, 1.54) is 0 Å². The highest BCUT2D eigenvalue weighted by molar-refractivity contribution is 6.69. The molecule has 0 bridgehead atoms. The molecule has 0 saturated carbocycles. The van der Waals surface area contributed by atoms with Crippen molar-refractivity contribution in [1.82, 2.24) is 0 Å². The summed E-state index contributed by atoms with van der Waals surface area (Å²) < 4.78 is 5.16. The Bertz CT molecular complexity index is 267. The van der Waals surface area contributed by atoms with E-state index in [0.717, 1.165) is 12.2 Å². The number of rotatable bonds is 2. The normalized spacial score (nSPS) is 12.0. The van der Waals surface area contributed by atoms with Gasteiger partial charge in [-0.25, -0.2) is 0 Å². The molecule has 0 radical (unpaired) electrons. The summed E-state index contributed by atoms with van der Waals surface area (Å²) in [6.07, 6.45) is 0.801. The van der Waals surface area contributed by atoms with Crippen molar-refractivity contribution in [3.63, 3.8) is 0 Å². The second-order valence-corrected chi connectivity index (χ2v) is 2.37. The van der Waals surface area contributed by atoms with E-state index >= 15 is 0 Å². The van der Waals surface area contributed by atoms with Crippen LogP contribution >= 0.6 is 11.6 Å². The molecule has 11 heavy (non-hydrogen) atoms. The standard InChI is InChI=1S/C7H8ClNO2/c1-2-5-3-4-6(11-5)7(8)9-10/h3-4,10H,2H2,1H3/b9-7-. The molecular weight excluding hydrogens is 166 g/mol. The molecule has 0 fully saturated rings. The van der Waals surface area contributed by atoms with Gasteiger partial charge in [0.05, 0.1) is 0 Å². The highest BCUT2D eigenvalue weighted by atomic mass is 35.5. The van der Waals surface area contributed by atoms with Crippen molar-refractivity contribution in [1.29, 1.82) is 0 Å². The molecule has 0 aliphatic rings. The first-order valence-corrected chi connectivity index (χ1v) is 3.62. The molecule has 1 aromatic rings. The van der Waals surface area contributed by atoms with E-state index < -0.39 is 0 Å². The smallest absolute Gasteiger partial charge is 0.210 e. The second kappa shape index (κ2) is 3.44. The number of aryl methyl sites for hydroxylation is 1. The summed E-state index contributed by atoms with van der Waals surface area (Å²) >= 11 is 5.47. The monoisotopic (exact) mass is 173 g/mol. The van der Waals surface area contributed by atoms with Gasteiger partial charge in [-0.2, -0.15) is 0 Å². The van der Waals surface area contributed by atoms with Gasteiger partial charge in [0.1, 0.15) is 5.76 Å². The first kappa shape index (κ1) is 8.14. The SMILES string of the molecule is CCc1ccc(/C(Cl)=N/O)o1. The Kier molecular flexibility index (Phi) is 2.54. The van der Waals surface area contributed by atoms with Crippen LogP contribution in [0.15, 0.2) is 21.7 Å². The highest BCUT2D eigenvalue weighted by Crippen LogP contribution is 2.11. The van der Waals surface area contributed by atoms with Crippen LogP contribution < -0.4 is 0 Å². The minimum Gasteiger partial charge on any atom is -0.458 e. The Morgan fingerprint density at radius 2 is 2.45 bits per heavy atom. The van der Waals surface area contributed by atoms with Gasteiger partial charge in [-0.15, -0.1) is 0 Å². The van der Waals surface area contributed by atoms with Crippen LogP contribution in [-0.4, -0.2) is 10.4 Å². The van der Waals surface area contributed by atoms with E-state index in [1.54, 1.807) is 12.1 Å². The van der Waals surface area contributed by atoms with Gasteiger partial charge in [0, 0.05) is 6.42 Å². The minimum atomic E-state index is -0.0234. The van der Waals surface area contributed by atoms with Gasteiger partial charge in [0.2, 0.25) is 5.17 Å². The van der Waals surface area contributed by atoms with Crippen molar-refractivity contribution in [3.8, 4) is 0 Å². The lowest BCUT2D eigenvalue weighted by molar-refractivity contribution is 0.319. The molecule has 0 spiro atoms. The van der Waals surface area contributed by atoms with E-state index in [9.17, 15) is 0 Å². The van der Waals surface area contributed by atoms with Gasteiger partial charge in [-0.05, 0) is 12.1 Å². The van der Waals surface area contributed by atoms with E-state index in [4.69, 9.17) is 21.2 Å². The van der Waals surface area contributed by atoms with Gasteiger partial charge >= 0.3 is 0 Å². The molecule has 1 rings (SSSR count). The fourth-order valence-corrected chi connectivity index (χ4v) is 0.830. The molecule has 0 amide bonds. The van der Waals surface area contributed by atoms with E-state index in [0.29, 0.717) is 5.76 Å². The molecule has 0 saturated heterocycles. The lowest BCUT2D eigenvalue weighted by Crippen LogP contribution is -1.86. The van der Waals surface area contributed by atoms with Crippen LogP contribution in [0.1, 0.15) is 18.4 Å². The fraction of sp³-hybridized carbons (Fsp3) is 0.286. The molecular formula is C7H8ClNO2. The zero-order chi connectivity index (χ0) is 8.27. The predicted octanol–water partition coefficient (Wildman–Crippen LogP) is 2.22. The molecule has 0 aromatic carbocycles. The summed E-state index contributed by atoms with van der Waals surface area (Å²) in [4.78, 5) is 0. The molecule has 4 heteroatoms. The lowest BCUT2D eigenvalue weighted by atomic mass is 10.4. The van der Waals surface area contributed by atoms with Crippen molar-refractivity contribution < 1.29 is 9.62 Å². The number of hydrogen-bond donors (Lipinski definition) is 1. The van der Waals surface area contributed by atoms with Crippen molar-refractivity contribution >= 4 is 16.8 Å². The molecule has 0 aliphatic carbocycles. The van der Waals surface area contributed by atoms with Gasteiger partial charge in [-0.1, -0.05) is 23.7 Å². The zero-order valence-corrected chi connectivity index (χ0v) is 6.80. The van der Waals surface area contributed by atoms with E-state index in [1.807, 2.05) is 6.92 Å². The lowest BCUT2D eigenvalue weighted by Gasteiger charge is -1.88. The van der Waals surface area contributed by atoms with Crippen molar-refractivity contribution in [2.75, 3.05) is 0 Å². The minimum absolute atomic E-state index is 0.0234. The summed E-state index contributed by atoms with van der Waals surface area (Å²) in [7, 11) is 0. The number of hydrogen-bond acceptors (Lipinski definition) is 3. The largest absolute Gasteiger partial charge is 0.458 e. The fourth-order valence-electron chi connectivity index (χ4n) is 0.728. The summed E-state index contributed by atoms with van der Waals surface area (Å²) in [6, 6.07) is 3.46. The van der Waals surface area contributed by atoms with E-state index in [2.05, 4.69) is 5.16 Å². The van der Waals surface area contributed by atoms with Crippen LogP contribution in [0.3, 0.4) is 0 Å². The first-order chi connectivity index (χ1) is 5.27. The van der Waals surface area contributed by atoms with Crippen molar-refractivity contribution in [3.05, 3.63) is 23.7 Å². The Morgan fingerprint density at radius 1 is 1.73 bits per heavy atom. The van der Waals surface area contributed by atoms with E-state index in [-0.39, 0.29) is 5.17 Å². The van der Waals surface area contributed by atoms with Gasteiger partial charge < -0.3 is 9.62 Å². The maximum absolute atomic E-state index is 8.27. The number of oxime groups is 1. The third-order valence-electron chi connectivity index (χ3n) is 1.30. The molecule has 0 atom stereocenters. The second-order valence-electron chi connectivity index (χ2n) is 2.01. The number of nitrogens with zero attached hydrogens (tertiary/aromatic N) is 1. The van der Waals surface area contributed by atoms with Crippen molar-refractivity contribution in [2.45, 2.75) is 13.3 Å². The summed E-state index contributed by atoms with van der Waals surface area (Å²) in [5, 5.41) is 11.0. The Morgan fingerprint density at radius 3 is 2.91 bits per heavy atom. The molecule has 0 aliphatic heterocycles. The average Bonchev–Trinajstić information content (AvgIpc) is 2.50. The molecule has 1 N–H and O–H groups in total. The molecule has 1 heterocycles. The van der Waals surface area contributed by atoms with Crippen LogP contribution in [0, 0.1) is 0 Å². The third-order valence-corrected chi connectivity index (χ3v) is 1.56. The van der Waals surface area contributed by atoms with Crippen LogP contribution in [0.4, 0.5) is 0 Å². The first-order valence-electron chi connectivity index (χ1n) is 3.24. The number of halogens is 1. The van der Waals surface area contributed by atoms with Crippen LogP contribution in [0.2, 0.25) is 0 Å². The van der Waals surface area contributed by atoms with Crippen LogP contribution in [0.25, 0.3) is 0 Å². The van der Waals surface area contributed by atoms with Crippen LogP contribution in [-0.2, 0) is 6.42 Å². The molecule has 0 unspecified atom stereocenters. The molecule has 3 nitrogen and oxygen atoms in total. The maximum atomic E-state index is 8.27. The average molecular weight is 174 g/mol. The quantitative estimate of drug-likeness (QED) is 0.424. The Balaban J connectivity index is 2.89. The summed E-state index contributed by atoms with van der Waals surface area (Å²) in [5.74, 6) is 1.22.